The maximum absolute atomic E-state index is 14.0. The Labute approximate surface area is 235 Å². The molecule has 5 aromatic rings. The van der Waals surface area contributed by atoms with E-state index < -0.39 is 11.9 Å². The molecule has 6 rings (SSSR count). The Bertz CT molecular complexity index is 1930. The van der Waals surface area contributed by atoms with Gasteiger partial charge in [-0.05, 0) is 41.1 Å². The lowest BCUT2D eigenvalue weighted by Crippen LogP contribution is -2.31. The van der Waals surface area contributed by atoms with Gasteiger partial charge in [-0.15, -0.1) is 0 Å². The average molecular weight is 552 g/mol. The lowest BCUT2D eigenvalue weighted by atomic mass is 9.84. The van der Waals surface area contributed by atoms with Crippen molar-refractivity contribution < 1.29 is 23.4 Å². The first-order chi connectivity index (χ1) is 19.8. The molecule has 0 spiro atoms. The van der Waals surface area contributed by atoms with Gasteiger partial charge in [0.2, 0.25) is 5.43 Å². The monoisotopic (exact) mass is 551 g/mol. The SMILES string of the molecule is COc1ccc(-c2coc3c4c(cc(OC)c3c2=O)OC(=O)CC4c2cc3ccccc3n(CC(C)C)c2=O)cc1. The molecule has 1 aliphatic heterocycles. The molecule has 3 heterocycles. The molecule has 0 fully saturated rings. The molecule has 0 amide bonds. The molecule has 0 aliphatic carbocycles. The predicted octanol–water partition coefficient (Wildman–Crippen LogP) is 5.89. The van der Waals surface area contributed by atoms with Gasteiger partial charge in [0.25, 0.3) is 5.56 Å². The fourth-order valence-electron chi connectivity index (χ4n) is 5.66. The maximum Gasteiger partial charge on any atom is 0.312 e. The van der Waals surface area contributed by atoms with E-state index in [1.807, 2.05) is 30.3 Å². The summed E-state index contributed by atoms with van der Waals surface area (Å²) in [5.41, 5.74) is 2.46. The molecule has 1 atom stereocenters. The quantitative estimate of drug-likeness (QED) is 0.192. The van der Waals surface area contributed by atoms with E-state index in [0.29, 0.717) is 34.5 Å². The van der Waals surface area contributed by atoms with Crippen LogP contribution in [-0.2, 0) is 11.3 Å². The number of esters is 1. The lowest BCUT2D eigenvalue weighted by molar-refractivity contribution is -0.135. The smallest absolute Gasteiger partial charge is 0.312 e. The lowest BCUT2D eigenvalue weighted by Gasteiger charge is -2.27. The fourth-order valence-corrected chi connectivity index (χ4v) is 5.66. The first kappa shape index (κ1) is 26.4. The Morgan fingerprint density at radius 3 is 2.44 bits per heavy atom. The van der Waals surface area contributed by atoms with Crippen LogP contribution >= 0.6 is 0 Å². The molecule has 1 aliphatic rings. The molecule has 0 bridgehead atoms. The minimum absolute atomic E-state index is 0.0758. The number of carbonyl (C=O) groups is 1. The molecule has 3 aromatic carbocycles. The summed E-state index contributed by atoms with van der Waals surface area (Å²) in [6.45, 7) is 4.62. The van der Waals surface area contributed by atoms with Crippen molar-refractivity contribution in [2.24, 2.45) is 5.92 Å². The van der Waals surface area contributed by atoms with Crippen LogP contribution in [0, 0.1) is 5.92 Å². The van der Waals surface area contributed by atoms with Gasteiger partial charge < -0.3 is 23.2 Å². The topological polar surface area (TPSA) is 97.0 Å². The third-order valence-electron chi connectivity index (χ3n) is 7.53. The van der Waals surface area contributed by atoms with Crippen LogP contribution in [0.4, 0.5) is 0 Å². The Kier molecular flexibility index (Phi) is 6.61. The minimum Gasteiger partial charge on any atom is -0.497 e. The van der Waals surface area contributed by atoms with Gasteiger partial charge in [-0.25, -0.2) is 0 Å². The summed E-state index contributed by atoms with van der Waals surface area (Å²) >= 11 is 0. The highest BCUT2D eigenvalue weighted by molar-refractivity contribution is 5.94. The van der Waals surface area contributed by atoms with Crippen LogP contribution in [0.3, 0.4) is 0 Å². The maximum atomic E-state index is 14.0. The number of hydrogen-bond acceptors (Lipinski definition) is 7. The molecule has 8 heteroatoms. The summed E-state index contributed by atoms with van der Waals surface area (Å²) in [6, 6.07) is 18.1. The van der Waals surface area contributed by atoms with Crippen molar-refractivity contribution in [1.82, 2.24) is 4.57 Å². The van der Waals surface area contributed by atoms with Crippen molar-refractivity contribution in [3.63, 3.8) is 0 Å². The number of pyridine rings is 1. The zero-order valence-electron chi connectivity index (χ0n) is 23.2. The Balaban J connectivity index is 1.63. The number of carbonyl (C=O) groups excluding carboxylic acids is 1. The molecule has 208 valence electrons. The number of nitrogens with zero attached hydrogens (tertiary/aromatic N) is 1. The zero-order chi connectivity index (χ0) is 28.8. The molecule has 41 heavy (non-hydrogen) atoms. The van der Waals surface area contributed by atoms with Crippen molar-refractivity contribution >= 4 is 27.8 Å². The van der Waals surface area contributed by atoms with Crippen molar-refractivity contribution in [3.8, 4) is 28.4 Å². The van der Waals surface area contributed by atoms with Crippen LogP contribution in [0.25, 0.3) is 33.0 Å². The van der Waals surface area contributed by atoms with E-state index in [9.17, 15) is 14.4 Å². The highest BCUT2D eigenvalue weighted by Crippen LogP contribution is 2.45. The Morgan fingerprint density at radius 1 is 0.976 bits per heavy atom. The van der Waals surface area contributed by atoms with Crippen molar-refractivity contribution in [2.75, 3.05) is 14.2 Å². The average Bonchev–Trinajstić information content (AvgIpc) is 2.97. The normalized spacial score (nSPS) is 14.8. The number of hydrogen-bond donors (Lipinski definition) is 0. The standard InChI is InChI=1S/C33H29NO7/c1-18(2)16-34-25-8-6-5-7-20(25)13-23(33(34)37)22-14-28(35)41-27-15-26(39-4)30-31(36)24(17-40-32(30)29(22)27)19-9-11-21(38-3)12-10-19/h5-13,15,17-18,22H,14,16H2,1-4H3. The molecular formula is C33H29NO7. The summed E-state index contributed by atoms with van der Waals surface area (Å²) in [6.07, 6.45) is 1.32. The third kappa shape index (κ3) is 4.45. The van der Waals surface area contributed by atoms with Gasteiger partial charge in [-0.2, -0.15) is 0 Å². The van der Waals surface area contributed by atoms with Gasteiger partial charge in [0.05, 0.1) is 31.7 Å². The van der Waals surface area contributed by atoms with E-state index in [1.165, 1.54) is 19.4 Å². The predicted molar refractivity (Wildman–Crippen MR) is 156 cm³/mol. The second kappa shape index (κ2) is 10.3. The van der Waals surface area contributed by atoms with Crippen LogP contribution in [0.5, 0.6) is 17.2 Å². The molecule has 0 radical (unpaired) electrons. The van der Waals surface area contributed by atoms with E-state index in [4.69, 9.17) is 18.6 Å². The van der Waals surface area contributed by atoms with Gasteiger partial charge in [-0.1, -0.05) is 44.2 Å². The van der Waals surface area contributed by atoms with Crippen molar-refractivity contribution in [2.45, 2.75) is 32.7 Å². The summed E-state index contributed by atoms with van der Waals surface area (Å²) in [5.74, 6) is 0.128. The summed E-state index contributed by atoms with van der Waals surface area (Å²) < 4.78 is 24.4. The van der Waals surface area contributed by atoms with E-state index in [2.05, 4.69) is 13.8 Å². The Morgan fingerprint density at radius 2 is 1.73 bits per heavy atom. The zero-order valence-corrected chi connectivity index (χ0v) is 23.2. The number of aromatic nitrogens is 1. The van der Waals surface area contributed by atoms with E-state index >= 15 is 0 Å². The Hall–Kier alpha value is -4.85. The molecule has 1 unspecified atom stereocenters. The van der Waals surface area contributed by atoms with Gasteiger partial charge in [0.15, 0.2) is 0 Å². The van der Waals surface area contributed by atoms with E-state index in [0.717, 1.165) is 10.9 Å². The third-order valence-corrected chi connectivity index (χ3v) is 7.53. The summed E-state index contributed by atoms with van der Waals surface area (Å²) in [5, 5.41) is 1.09. The fraction of sp³-hybridized carbons (Fsp3) is 0.242. The van der Waals surface area contributed by atoms with Crippen molar-refractivity contribution in [3.05, 3.63) is 98.6 Å². The molecule has 2 aromatic heterocycles. The second-order valence-corrected chi connectivity index (χ2v) is 10.6. The number of ether oxygens (including phenoxy) is 3. The molecule has 0 saturated heterocycles. The highest BCUT2D eigenvalue weighted by atomic mass is 16.5. The van der Waals surface area contributed by atoms with Gasteiger partial charge in [0.1, 0.15) is 34.5 Å². The van der Waals surface area contributed by atoms with E-state index in [1.54, 1.807) is 35.9 Å². The molecule has 0 saturated carbocycles. The van der Waals surface area contributed by atoms with Crippen LogP contribution in [-0.4, -0.2) is 24.8 Å². The van der Waals surface area contributed by atoms with Crippen LogP contribution in [0.1, 0.15) is 37.3 Å². The summed E-state index contributed by atoms with van der Waals surface area (Å²) in [7, 11) is 3.01. The number of fused-ring (bicyclic) bond motifs is 4. The number of methoxy groups -OCH3 is 2. The molecule has 8 nitrogen and oxygen atoms in total. The first-order valence-electron chi connectivity index (χ1n) is 13.4. The van der Waals surface area contributed by atoms with E-state index in [-0.39, 0.29) is 45.8 Å². The van der Waals surface area contributed by atoms with Gasteiger partial charge in [0, 0.05) is 29.7 Å². The molecule has 0 N–H and O–H groups in total. The number of rotatable bonds is 6. The van der Waals surface area contributed by atoms with Gasteiger partial charge >= 0.3 is 5.97 Å². The highest BCUT2D eigenvalue weighted by Gasteiger charge is 2.36. The van der Waals surface area contributed by atoms with Crippen LogP contribution in [0.2, 0.25) is 0 Å². The minimum atomic E-state index is -0.690. The first-order valence-corrected chi connectivity index (χ1v) is 13.4. The number of benzene rings is 3. The number of para-hydroxylation sites is 1. The van der Waals surface area contributed by atoms with Crippen LogP contribution in [0.15, 0.2) is 80.9 Å². The van der Waals surface area contributed by atoms with Crippen LogP contribution < -0.4 is 25.2 Å². The van der Waals surface area contributed by atoms with Crippen molar-refractivity contribution in [1.29, 1.82) is 0 Å². The largest absolute Gasteiger partial charge is 0.497 e. The molecular weight excluding hydrogens is 522 g/mol. The second-order valence-electron chi connectivity index (χ2n) is 10.6. The summed E-state index contributed by atoms with van der Waals surface area (Å²) in [4.78, 5) is 40.8. The van der Waals surface area contributed by atoms with Gasteiger partial charge in [-0.3, -0.25) is 14.4 Å².